The van der Waals surface area contributed by atoms with E-state index in [1.165, 1.54) is 37.7 Å². The van der Waals surface area contributed by atoms with E-state index in [0.717, 1.165) is 29.2 Å². The van der Waals surface area contributed by atoms with Crippen molar-refractivity contribution < 1.29 is 4.74 Å². The second-order valence-corrected chi connectivity index (χ2v) is 6.62. The molecule has 1 atom stereocenters. The molecule has 20 heavy (non-hydrogen) atoms. The van der Waals surface area contributed by atoms with Crippen molar-refractivity contribution in [3.05, 3.63) is 28.2 Å². The highest BCUT2D eigenvalue weighted by Gasteiger charge is 2.20. The lowest BCUT2D eigenvalue weighted by molar-refractivity contribution is 0.315. The van der Waals surface area contributed by atoms with Crippen LogP contribution in [0.1, 0.15) is 57.1 Å². The minimum atomic E-state index is 0.453. The van der Waals surface area contributed by atoms with Gasteiger partial charge in [0, 0.05) is 6.04 Å². The summed E-state index contributed by atoms with van der Waals surface area (Å²) in [5, 5.41) is 3.47. The Morgan fingerprint density at radius 3 is 2.70 bits per heavy atom. The van der Waals surface area contributed by atoms with Crippen LogP contribution in [0.25, 0.3) is 0 Å². The second kappa shape index (κ2) is 8.04. The summed E-state index contributed by atoms with van der Waals surface area (Å²) in [6.45, 7) is 2.90. The van der Waals surface area contributed by atoms with Gasteiger partial charge < -0.3 is 10.1 Å². The summed E-state index contributed by atoms with van der Waals surface area (Å²) in [6.07, 6.45) is 7.91. The van der Waals surface area contributed by atoms with Crippen molar-refractivity contribution in [2.75, 3.05) is 13.7 Å². The van der Waals surface area contributed by atoms with Gasteiger partial charge in [0.2, 0.25) is 0 Å². The smallest absolute Gasteiger partial charge is 0.133 e. The van der Waals surface area contributed by atoms with Crippen LogP contribution in [-0.2, 0) is 0 Å². The largest absolute Gasteiger partial charge is 0.492 e. The van der Waals surface area contributed by atoms with Crippen molar-refractivity contribution in [3.8, 4) is 5.75 Å². The van der Waals surface area contributed by atoms with E-state index in [9.17, 15) is 0 Å². The Balaban J connectivity index is 2.03. The van der Waals surface area contributed by atoms with Crippen molar-refractivity contribution in [1.29, 1.82) is 0 Å². The number of halogens is 1. The minimum Gasteiger partial charge on any atom is -0.492 e. The molecule has 1 aromatic rings. The zero-order valence-electron chi connectivity index (χ0n) is 12.6. The zero-order chi connectivity index (χ0) is 14.4. The molecule has 0 bridgehead atoms. The average Bonchev–Trinajstić information content (AvgIpc) is 2.96. The minimum absolute atomic E-state index is 0.453. The van der Waals surface area contributed by atoms with Crippen LogP contribution < -0.4 is 10.1 Å². The van der Waals surface area contributed by atoms with Gasteiger partial charge in [-0.25, -0.2) is 0 Å². The lowest BCUT2D eigenvalue weighted by Gasteiger charge is -2.21. The van der Waals surface area contributed by atoms with E-state index in [4.69, 9.17) is 4.74 Å². The van der Waals surface area contributed by atoms with Gasteiger partial charge in [-0.05, 0) is 59.4 Å². The standard InChI is InChI=1S/C17H26BrNO/c1-3-10-20-17-9-8-14(12-15(17)18)16(19-2)11-13-6-4-5-7-13/h8-9,12-13,16,19H,3-7,10-11H2,1-2H3. The SMILES string of the molecule is CCCOc1ccc(C(CC2CCCC2)NC)cc1Br. The first-order chi connectivity index (χ1) is 9.74. The van der Waals surface area contributed by atoms with Gasteiger partial charge in [0.15, 0.2) is 0 Å². The molecule has 0 spiro atoms. The molecule has 0 radical (unpaired) electrons. The fourth-order valence-corrected chi connectivity index (χ4v) is 3.57. The fraction of sp³-hybridized carbons (Fsp3) is 0.647. The summed E-state index contributed by atoms with van der Waals surface area (Å²) in [4.78, 5) is 0. The Kier molecular flexibility index (Phi) is 6.37. The molecular weight excluding hydrogens is 314 g/mol. The van der Waals surface area contributed by atoms with E-state index in [0.29, 0.717) is 6.04 Å². The average molecular weight is 340 g/mol. The van der Waals surface area contributed by atoms with E-state index in [-0.39, 0.29) is 0 Å². The molecule has 1 aromatic carbocycles. The topological polar surface area (TPSA) is 21.3 Å². The second-order valence-electron chi connectivity index (χ2n) is 5.77. The summed E-state index contributed by atoms with van der Waals surface area (Å²) >= 11 is 3.63. The first-order valence-electron chi connectivity index (χ1n) is 7.84. The van der Waals surface area contributed by atoms with Crippen molar-refractivity contribution >= 4 is 15.9 Å². The molecule has 0 aliphatic heterocycles. The predicted octanol–water partition coefficient (Wildman–Crippen LogP) is 5.08. The van der Waals surface area contributed by atoms with Gasteiger partial charge in [0.1, 0.15) is 5.75 Å². The quantitative estimate of drug-likeness (QED) is 0.747. The van der Waals surface area contributed by atoms with Crippen molar-refractivity contribution in [2.45, 2.75) is 51.5 Å². The molecular formula is C17H26BrNO. The maximum absolute atomic E-state index is 5.72. The van der Waals surface area contributed by atoms with Crippen LogP contribution in [0.3, 0.4) is 0 Å². The van der Waals surface area contributed by atoms with Crippen LogP contribution in [0.4, 0.5) is 0 Å². The molecule has 2 nitrogen and oxygen atoms in total. The number of benzene rings is 1. The first kappa shape index (κ1) is 15.8. The van der Waals surface area contributed by atoms with Crippen LogP contribution >= 0.6 is 15.9 Å². The molecule has 3 heteroatoms. The lowest BCUT2D eigenvalue weighted by Crippen LogP contribution is -2.19. The van der Waals surface area contributed by atoms with Gasteiger partial charge in [-0.1, -0.05) is 38.7 Å². The maximum Gasteiger partial charge on any atom is 0.133 e. The molecule has 1 N–H and O–H groups in total. The number of nitrogens with one attached hydrogen (secondary N) is 1. The van der Waals surface area contributed by atoms with E-state index >= 15 is 0 Å². The molecule has 0 saturated heterocycles. The molecule has 0 heterocycles. The molecule has 0 aromatic heterocycles. The Morgan fingerprint density at radius 1 is 1.35 bits per heavy atom. The first-order valence-corrected chi connectivity index (χ1v) is 8.63. The number of rotatable bonds is 7. The lowest BCUT2D eigenvalue weighted by atomic mass is 9.93. The fourth-order valence-electron chi connectivity index (χ4n) is 3.06. The van der Waals surface area contributed by atoms with Crippen LogP contribution in [0.5, 0.6) is 5.75 Å². The molecule has 1 saturated carbocycles. The van der Waals surface area contributed by atoms with E-state index in [1.807, 2.05) is 0 Å². The molecule has 0 amide bonds. The Bertz CT molecular complexity index is 415. The molecule has 1 unspecified atom stereocenters. The highest BCUT2D eigenvalue weighted by molar-refractivity contribution is 9.10. The summed E-state index contributed by atoms with van der Waals surface area (Å²) in [7, 11) is 2.06. The maximum atomic E-state index is 5.72. The number of ether oxygens (including phenoxy) is 1. The normalized spacial score (nSPS) is 17.4. The molecule has 1 aliphatic carbocycles. The summed E-state index contributed by atoms with van der Waals surface area (Å²) in [6, 6.07) is 6.95. The Labute approximate surface area is 131 Å². The third-order valence-electron chi connectivity index (χ3n) is 4.21. The van der Waals surface area contributed by atoms with E-state index < -0.39 is 0 Å². The Hall–Kier alpha value is -0.540. The summed E-state index contributed by atoms with van der Waals surface area (Å²) < 4.78 is 6.79. The van der Waals surface area contributed by atoms with E-state index in [2.05, 4.69) is 53.4 Å². The third kappa shape index (κ3) is 4.23. The van der Waals surface area contributed by atoms with E-state index in [1.54, 1.807) is 0 Å². The van der Waals surface area contributed by atoms with Crippen LogP contribution in [-0.4, -0.2) is 13.7 Å². The van der Waals surface area contributed by atoms with Crippen LogP contribution in [0.15, 0.2) is 22.7 Å². The highest BCUT2D eigenvalue weighted by atomic mass is 79.9. The van der Waals surface area contributed by atoms with Gasteiger partial charge in [-0.2, -0.15) is 0 Å². The molecule has 112 valence electrons. The van der Waals surface area contributed by atoms with Crippen LogP contribution in [0, 0.1) is 5.92 Å². The zero-order valence-corrected chi connectivity index (χ0v) is 14.2. The molecule has 2 rings (SSSR count). The van der Waals surface area contributed by atoms with Crippen molar-refractivity contribution in [1.82, 2.24) is 5.32 Å². The van der Waals surface area contributed by atoms with Gasteiger partial charge in [-0.15, -0.1) is 0 Å². The van der Waals surface area contributed by atoms with Gasteiger partial charge in [-0.3, -0.25) is 0 Å². The highest BCUT2D eigenvalue weighted by Crippen LogP contribution is 2.35. The van der Waals surface area contributed by atoms with Crippen molar-refractivity contribution in [2.24, 2.45) is 5.92 Å². The Morgan fingerprint density at radius 2 is 2.10 bits per heavy atom. The predicted molar refractivity (Wildman–Crippen MR) is 88.3 cm³/mol. The van der Waals surface area contributed by atoms with Crippen LogP contribution in [0.2, 0.25) is 0 Å². The van der Waals surface area contributed by atoms with Gasteiger partial charge >= 0.3 is 0 Å². The molecule has 1 fully saturated rings. The molecule has 1 aliphatic rings. The monoisotopic (exact) mass is 339 g/mol. The summed E-state index contributed by atoms with van der Waals surface area (Å²) in [5.74, 6) is 1.84. The van der Waals surface area contributed by atoms with Gasteiger partial charge in [0.05, 0.1) is 11.1 Å². The van der Waals surface area contributed by atoms with Gasteiger partial charge in [0.25, 0.3) is 0 Å². The number of hydrogen-bond acceptors (Lipinski definition) is 2. The van der Waals surface area contributed by atoms with Crippen molar-refractivity contribution in [3.63, 3.8) is 0 Å². The third-order valence-corrected chi connectivity index (χ3v) is 4.83. The number of hydrogen-bond donors (Lipinski definition) is 1. The summed E-state index contributed by atoms with van der Waals surface area (Å²) in [5.41, 5.74) is 1.36.